The Balaban J connectivity index is 2.12. The Morgan fingerprint density at radius 1 is 1.35 bits per heavy atom. The van der Waals surface area contributed by atoms with Crippen LogP contribution in [-0.2, 0) is 11.2 Å². The van der Waals surface area contributed by atoms with Gasteiger partial charge in [0.25, 0.3) is 5.91 Å². The van der Waals surface area contributed by atoms with Gasteiger partial charge < -0.3 is 10.6 Å². The molecule has 2 amide bonds. The monoisotopic (exact) mass is 351 g/mol. The van der Waals surface area contributed by atoms with Crippen molar-refractivity contribution in [1.29, 1.82) is 0 Å². The van der Waals surface area contributed by atoms with Gasteiger partial charge in [0.15, 0.2) is 0 Å². The number of nitrogens with one attached hydrogen (secondary N) is 2. The Morgan fingerprint density at radius 2 is 2.13 bits per heavy atom. The van der Waals surface area contributed by atoms with Crippen LogP contribution >= 0.6 is 22.9 Å². The maximum Gasteiger partial charge on any atom is 0.253 e. The number of nitrogens with zero attached hydrogens (tertiary/aromatic N) is 1. The average molecular weight is 352 g/mol. The number of carbonyl (C=O) groups is 2. The first-order chi connectivity index (χ1) is 11.0. The van der Waals surface area contributed by atoms with Crippen molar-refractivity contribution in [3.63, 3.8) is 0 Å². The molecule has 0 unspecified atom stereocenters. The van der Waals surface area contributed by atoms with E-state index < -0.39 is 0 Å². The van der Waals surface area contributed by atoms with E-state index in [-0.39, 0.29) is 18.2 Å². The van der Waals surface area contributed by atoms with E-state index in [0.29, 0.717) is 28.5 Å². The number of hydrogen-bond donors (Lipinski definition) is 2. The average Bonchev–Trinajstić information content (AvgIpc) is 2.89. The second kappa shape index (κ2) is 8.08. The number of thiazole rings is 1. The van der Waals surface area contributed by atoms with Gasteiger partial charge in [0, 0.05) is 16.9 Å². The molecule has 0 saturated heterocycles. The van der Waals surface area contributed by atoms with Crippen LogP contribution in [0.1, 0.15) is 34.4 Å². The van der Waals surface area contributed by atoms with Gasteiger partial charge in [0.05, 0.1) is 28.4 Å². The number of amides is 2. The Kier molecular flexibility index (Phi) is 6.12. The summed E-state index contributed by atoms with van der Waals surface area (Å²) in [5.41, 5.74) is 1.51. The molecule has 0 radical (unpaired) electrons. The first-order valence-electron chi connectivity index (χ1n) is 7.28. The largest absolute Gasteiger partial charge is 0.352 e. The zero-order chi connectivity index (χ0) is 16.8. The molecule has 0 atom stereocenters. The predicted molar refractivity (Wildman–Crippen MR) is 93.3 cm³/mol. The Bertz CT molecular complexity index is 715. The fourth-order valence-electron chi connectivity index (χ4n) is 2.00. The molecule has 2 aromatic rings. The summed E-state index contributed by atoms with van der Waals surface area (Å²) in [6.07, 6.45) is 0.997. The summed E-state index contributed by atoms with van der Waals surface area (Å²) >= 11 is 7.48. The standard InChI is InChI=1S/C16H18ClN3O2S/c1-3-6-18-16(22)13-5-4-11(17)7-14(13)20-15(21)8-12-9-23-10(2)19-12/h4-5,7,9H,3,6,8H2,1-2H3,(H,18,22)(H,20,21). The van der Waals surface area contributed by atoms with Crippen molar-refractivity contribution in [2.75, 3.05) is 11.9 Å². The molecule has 2 rings (SSSR count). The van der Waals surface area contributed by atoms with E-state index in [1.54, 1.807) is 18.2 Å². The summed E-state index contributed by atoms with van der Waals surface area (Å²) < 4.78 is 0. The van der Waals surface area contributed by atoms with Crippen LogP contribution in [-0.4, -0.2) is 23.3 Å². The lowest BCUT2D eigenvalue weighted by Crippen LogP contribution is -2.26. The molecule has 0 saturated carbocycles. The molecule has 2 N–H and O–H groups in total. The first kappa shape index (κ1) is 17.4. The minimum Gasteiger partial charge on any atom is -0.352 e. The SMILES string of the molecule is CCCNC(=O)c1ccc(Cl)cc1NC(=O)Cc1csc(C)n1. The minimum absolute atomic E-state index is 0.160. The molecule has 23 heavy (non-hydrogen) atoms. The zero-order valence-electron chi connectivity index (χ0n) is 13.0. The number of aryl methyl sites for hydroxylation is 1. The van der Waals surface area contributed by atoms with Crippen LogP contribution in [0.3, 0.4) is 0 Å². The molecule has 1 aromatic carbocycles. The summed E-state index contributed by atoms with van der Waals surface area (Å²) in [5.74, 6) is -0.467. The quantitative estimate of drug-likeness (QED) is 0.837. The molecule has 5 nitrogen and oxygen atoms in total. The number of anilines is 1. The fourth-order valence-corrected chi connectivity index (χ4v) is 2.78. The predicted octanol–water partition coefficient (Wildman–Crippen LogP) is 3.43. The van der Waals surface area contributed by atoms with Gasteiger partial charge in [-0.15, -0.1) is 11.3 Å². The van der Waals surface area contributed by atoms with Crippen LogP contribution in [0.15, 0.2) is 23.6 Å². The molecule has 7 heteroatoms. The lowest BCUT2D eigenvalue weighted by atomic mass is 10.1. The molecular formula is C16H18ClN3O2S. The number of halogens is 1. The van der Waals surface area contributed by atoms with E-state index in [9.17, 15) is 9.59 Å². The number of aromatic nitrogens is 1. The summed E-state index contributed by atoms with van der Waals surface area (Å²) in [7, 11) is 0. The van der Waals surface area contributed by atoms with Gasteiger partial charge >= 0.3 is 0 Å². The van der Waals surface area contributed by atoms with E-state index in [4.69, 9.17) is 11.6 Å². The van der Waals surface area contributed by atoms with Gasteiger partial charge in [-0.05, 0) is 31.5 Å². The molecule has 0 aliphatic carbocycles. The molecule has 1 heterocycles. The van der Waals surface area contributed by atoms with Crippen molar-refractivity contribution >= 4 is 40.4 Å². The third-order valence-electron chi connectivity index (χ3n) is 3.04. The topological polar surface area (TPSA) is 71.1 Å². The highest BCUT2D eigenvalue weighted by atomic mass is 35.5. The van der Waals surface area contributed by atoms with Crippen molar-refractivity contribution in [1.82, 2.24) is 10.3 Å². The normalized spacial score (nSPS) is 10.4. The summed E-state index contributed by atoms with van der Waals surface area (Å²) in [5, 5.41) is 8.75. The highest BCUT2D eigenvalue weighted by Gasteiger charge is 2.14. The van der Waals surface area contributed by atoms with E-state index in [0.717, 1.165) is 11.4 Å². The first-order valence-corrected chi connectivity index (χ1v) is 8.54. The van der Waals surface area contributed by atoms with Gasteiger partial charge in [0.1, 0.15) is 0 Å². The lowest BCUT2D eigenvalue weighted by Gasteiger charge is -2.11. The Labute approximate surface area is 144 Å². The summed E-state index contributed by atoms with van der Waals surface area (Å²) in [6.45, 7) is 4.44. The van der Waals surface area contributed by atoms with Crippen LogP contribution in [0.25, 0.3) is 0 Å². The molecule has 0 fully saturated rings. The van der Waals surface area contributed by atoms with Crippen molar-refractivity contribution < 1.29 is 9.59 Å². The summed E-state index contributed by atoms with van der Waals surface area (Å²) in [6, 6.07) is 4.81. The van der Waals surface area contributed by atoms with E-state index in [2.05, 4.69) is 15.6 Å². The molecular weight excluding hydrogens is 334 g/mol. The van der Waals surface area contributed by atoms with Crippen molar-refractivity contribution in [3.8, 4) is 0 Å². The van der Waals surface area contributed by atoms with Crippen molar-refractivity contribution in [2.24, 2.45) is 0 Å². The molecule has 122 valence electrons. The number of carbonyl (C=O) groups excluding carboxylic acids is 2. The lowest BCUT2D eigenvalue weighted by molar-refractivity contribution is -0.115. The number of benzene rings is 1. The zero-order valence-corrected chi connectivity index (χ0v) is 14.6. The van der Waals surface area contributed by atoms with Gasteiger partial charge in [-0.3, -0.25) is 9.59 Å². The van der Waals surface area contributed by atoms with Gasteiger partial charge in [-0.25, -0.2) is 4.98 Å². The van der Waals surface area contributed by atoms with E-state index in [1.807, 2.05) is 19.2 Å². The Morgan fingerprint density at radius 3 is 2.78 bits per heavy atom. The van der Waals surface area contributed by atoms with Crippen LogP contribution < -0.4 is 10.6 Å². The van der Waals surface area contributed by atoms with Crippen LogP contribution in [0.2, 0.25) is 5.02 Å². The molecule has 1 aromatic heterocycles. The number of rotatable bonds is 6. The third-order valence-corrected chi connectivity index (χ3v) is 4.10. The number of hydrogen-bond acceptors (Lipinski definition) is 4. The molecule has 0 aliphatic rings. The molecule has 0 aliphatic heterocycles. The van der Waals surface area contributed by atoms with Crippen LogP contribution in [0.5, 0.6) is 0 Å². The molecule has 0 bridgehead atoms. The fraction of sp³-hybridized carbons (Fsp3) is 0.312. The van der Waals surface area contributed by atoms with Gasteiger partial charge in [0.2, 0.25) is 5.91 Å². The smallest absolute Gasteiger partial charge is 0.253 e. The minimum atomic E-state index is -0.234. The second-order valence-corrected chi connectivity index (χ2v) is 6.53. The van der Waals surface area contributed by atoms with E-state index >= 15 is 0 Å². The van der Waals surface area contributed by atoms with Crippen LogP contribution in [0, 0.1) is 6.92 Å². The highest BCUT2D eigenvalue weighted by Crippen LogP contribution is 2.21. The maximum absolute atomic E-state index is 12.2. The highest BCUT2D eigenvalue weighted by molar-refractivity contribution is 7.09. The van der Waals surface area contributed by atoms with E-state index in [1.165, 1.54) is 11.3 Å². The third kappa shape index (κ3) is 5.04. The maximum atomic E-state index is 12.2. The van der Waals surface area contributed by atoms with Crippen LogP contribution in [0.4, 0.5) is 5.69 Å². The van der Waals surface area contributed by atoms with Crippen molar-refractivity contribution in [3.05, 3.63) is 44.9 Å². The van der Waals surface area contributed by atoms with Crippen molar-refractivity contribution in [2.45, 2.75) is 26.7 Å². The van der Waals surface area contributed by atoms with Gasteiger partial charge in [-0.2, -0.15) is 0 Å². The second-order valence-electron chi connectivity index (χ2n) is 5.03. The van der Waals surface area contributed by atoms with Gasteiger partial charge in [-0.1, -0.05) is 18.5 Å². The summed E-state index contributed by atoms with van der Waals surface area (Å²) in [4.78, 5) is 28.6. The molecule has 0 spiro atoms. The Hall–Kier alpha value is -1.92.